The number of hydrogen-bond donors (Lipinski definition) is 1. The first-order chi connectivity index (χ1) is 9.84. The standard InChI is InChI=1S/C13H12F3N5/c1-20-5-4-9(19-20)7-21-11-3-2-8(17)6-10(11)18-12(21)13(14,15)16/h2-6H,7,17H2,1H3. The van der Waals surface area contributed by atoms with Crippen LogP contribution >= 0.6 is 0 Å². The molecule has 8 heteroatoms. The summed E-state index contributed by atoms with van der Waals surface area (Å²) >= 11 is 0. The highest BCUT2D eigenvalue weighted by Crippen LogP contribution is 2.32. The van der Waals surface area contributed by atoms with Gasteiger partial charge in [-0.15, -0.1) is 0 Å². The van der Waals surface area contributed by atoms with Crippen LogP contribution in [-0.4, -0.2) is 19.3 Å². The molecule has 1 aromatic carbocycles. The smallest absolute Gasteiger partial charge is 0.399 e. The van der Waals surface area contributed by atoms with Gasteiger partial charge in [-0.3, -0.25) is 4.68 Å². The summed E-state index contributed by atoms with van der Waals surface area (Å²) in [6.45, 7) is -0.00387. The summed E-state index contributed by atoms with van der Waals surface area (Å²) in [6.07, 6.45) is -2.86. The van der Waals surface area contributed by atoms with E-state index in [1.165, 1.54) is 12.1 Å². The van der Waals surface area contributed by atoms with Gasteiger partial charge in [-0.1, -0.05) is 0 Å². The lowest BCUT2D eigenvalue weighted by Crippen LogP contribution is -2.16. The molecule has 0 aliphatic heterocycles. The average molecular weight is 295 g/mol. The molecule has 2 aromatic heterocycles. The summed E-state index contributed by atoms with van der Waals surface area (Å²) in [5, 5.41) is 4.11. The van der Waals surface area contributed by atoms with Gasteiger partial charge in [-0.2, -0.15) is 18.3 Å². The van der Waals surface area contributed by atoms with Crippen LogP contribution in [0.4, 0.5) is 18.9 Å². The molecule has 0 radical (unpaired) electrons. The summed E-state index contributed by atoms with van der Waals surface area (Å²) in [5.74, 6) is -0.950. The molecule has 0 bridgehead atoms. The molecule has 0 atom stereocenters. The van der Waals surface area contributed by atoms with Crippen molar-refractivity contribution in [3.05, 3.63) is 42.0 Å². The average Bonchev–Trinajstić information content (AvgIpc) is 2.93. The van der Waals surface area contributed by atoms with Crippen LogP contribution in [0.1, 0.15) is 11.5 Å². The number of nitrogens with zero attached hydrogens (tertiary/aromatic N) is 4. The number of aryl methyl sites for hydroxylation is 1. The van der Waals surface area contributed by atoms with E-state index >= 15 is 0 Å². The van der Waals surface area contributed by atoms with Crippen LogP contribution in [0.25, 0.3) is 11.0 Å². The molecule has 110 valence electrons. The van der Waals surface area contributed by atoms with Crippen LogP contribution in [0.2, 0.25) is 0 Å². The van der Waals surface area contributed by atoms with Crippen LogP contribution < -0.4 is 5.73 Å². The quantitative estimate of drug-likeness (QED) is 0.739. The highest BCUT2D eigenvalue weighted by atomic mass is 19.4. The number of hydrogen-bond acceptors (Lipinski definition) is 3. The van der Waals surface area contributed by atoms with Crippen molar-refractivity contribution in [1.29, 1.82) is 0 Å². The van der Waals surface area contributed by atoms with Crippen LogP contribution in [0.3, 0.4) is 0 Å². The van der Waals surface area contributed by atoms with Crippen molar-refractivity contribution in [3.8, 4) is 0 Å². The van der Waals surface area contributed by atoms with E-state index < -0.39 is 12.0 Å². The minimum Gasteiger partial charge on any atom is -0.399 e. The fourth-order valence-corrected chi connectivity index (χ4v) is 2.23. The minimum atomic E-state index is -4.54. The Morgan fingerprint density at radius 1 is 1.24 bits per heavy atom. The Bertz CT molecular complexity index is 800. The highest BCUT2D eigenvalue weighted by Gasteiger charge is 2.37. The Balaban J connectivity index is 2.17. The van der Waals surface area contributed by atoms with Crippen LogP contribution in [0.5, 0.6) is 0 Å². The molecular formula is C13H12F3N5. The Hall–Kier alpha value is -2.51. The zero-order valence-corrected chi connectivity index (χ0v) is 11.1. The van der Waals surface area contributed by atoms with E-state index in [-0.39, 0.29) is 12.1 Å². The normalized spacial score (nSPS) is 12.2. The van der Waals surface area contributed by atoms with Crippen molar-refractivity contribution in [2.75, 3.05) is 5.73 Å². The van der Waals surface area contributed by atoms with E-state index in [0.717, 1.165) is 4.57 Å². The van der Waals surface area contributed by atoms with Crippen molar-refractivity contribution in [2.45, 2.75) is 12.7 Å². The van der Waals surface area contributed by atoms with Crippen molar-refractivity contribution < 1.29 is 13.2 Å². The van der Waals surface area contributed by atoms with E-state index in [1.807, 2.05) is 0 Å². The van der Waals surface area contributed by atoms with Crippen molar-refractivity contribution >= 4 is 16.7 Å². The number of imidazole rings is 1. The Morgan fingerprint density at radius 3 is 2.62 bits per heavy atom. The summed E-state index contributed by atoms with van der Waals surface area (Å²) in [7, 11) is 1.71. The lowest BCUT2D eigenvalue weighted by molar-refractivity contribution is -0.146. The maximum atomic E-state index is 13.2. The molecule has 0 spiro atoms. The van der Waals surface area contributed by atoms with Gasteiger partial charge in [-0.05, 0) is 24.3 Å². The first kappa shape index (κ1) is 13.5. The third-order valence-electron chi connectivity index (χ3n) is 3.11. The number of nitrogens with two attached hydrogens (primary N) is 1. The molecule has 2 heterocycles. The molecule has 0 aliphatic rings. The number of alkyl halides is 3. The summed E-state index contributed by atoms with van der Waals surface area (Å²) in [6, 6.07) is 6.19. The number of fused-ring (bicyclic) bond motifs is 1. The number of benzene rings is 1. The fourth-order valence-electron chi connectivity index (χ4n) is 2.23. The summed E-state index contributed by atoms with van der Waals surface area (Å²) < 4.78 is 42.1. The molecule has 0 amide bonds. The lowest BCUT2D eigenvalue weighted by Gasteiger charge is -2.10. The maximum Gasteiger partial charge on any atom is 0.449 e. The largest absolute Gasteiger partial charge is 0.449 e. The molecule has 0 fully saturated rings. The van der Waals surface area contributed by atoms with Gasteiger partial charge in [0.2, 0.25) is 5.82 Å². The lowest BCUT2D eigenvalue weighted by atomic mass is 10.3. The van der Waals surface area contributed by atoms with E-state index in [0.29, 0.717) is 16.9 Å². The Morgan fingerprint density at radius 2 is 2.00 bits per heavy atom. The predicted octanol–water partition coefficient (Wildman–Crippen LogP) is 2.42. The maximum absolute atomic E-state index is 13.2. The number of anilines is 1. The van der Waals surface area contributed by atoms with Gasteiger partial charge in [0.05, 0.1) is 23.3 Å². The zero-order valence-electron chi connectivity index (χ0n) is 11.1. The third kappa shape index (κ3) is 2.44. The molecule has 3 aromatic rings. The monoisotopic (exact) mass is 295 g/mol. The molecule has 0 unspecified atom stereocenters. The van der Waals surface area contributed by atoms with Crippen molar-refractivity contribution in [1.82, 2.24) is 19.3 Å². The van der Waals surface area contributed by atoms with E-state index in [2.05, 4.69) is 10.1 Å². The highest BCUT2D eigenvalue weighted by molar-refractivity contribution is 5.79. The second-order valence-corrected chi connectivity index (χ2v) is 4.75. The molecule has 2 N–H and O–H groups in total. The topological polar surface area (TPSA) is 61.7 Å². The van der Waals surface area contributed by atoms with E-state index in [4.69, 9.17) is 5.73 Å². The van der Waals surface area contributed by atoms with Gasteiger partial charge in [0, 0.05) is 18.9 Å². The number of rotatable bonds is 2. The third-order valence-corrected chi connectivity index (χ3v) is 3.11. The van der Waals surface area contributed by atoms with Crippen LogP contribution in [0.15, 0.2) is 30.5 Å². The summed E-state index contributed by atoms with van der Waals surface area (Å²) in [4.78, 5) is 3.67. The van der Waals surface area contributed by atoms with Gasteiger partial charge in [0.15, 0.2) is 0 Å². The van der Waals surface area contributed by atoms with Crippen LogP contribution in [0, 0.1) is 0 Å². The van der Waals surface area contributed by atoms with E-state index in [1.54, 1.807) is 30.1 Å². The minimum absolute atomic E-state index is 0.00387. The molecule has 5 nitrogen and oxygen atoms in total. The summed E-state index contributed by atoms with van der Waals surface area (Å²) in [5.41, 5.74) is 7.10. The second-order valence-electron chi connectivity index (χ2n) is 4.75. The molecule has 3 rings (SSSR count). The van der Waals surface area contributed by atoms with Gasteiger partial charge in [-0.25, -0.2) is 4.98 Å². The molecule has 0 saturated carbocycles. The molecular weight excluding hydrogens is 283 g/mol. The molecule has 21 heavy (non-hydrogen) atoms. The van der Waals surface area contributed by atoms with Gasteiger partial charge < -0.3 is 10.3 Å². The van der Waals surface area contributed by atoms with Gasteiger partial charge in [0.1, 0.15) is 0 Å². The van der Waals surface area contributed by atoms with Crippen molar-refractivity contribution in [3.63, 3.8) is 0 Å². The zero-order chi connectivity index (χ0) is 15.2. The van der Waals surface area contributed by atoms with Gasteiger partial charge in [0.25, 0.3) is 0 Å². The van der Waals surface area contributed by atoms with Gasteiger partial charge >= 0.3 is 6.18 Å². The molecule has 0 saturated heterocycles. The predicted molar refractivity (Wildman–Crippen MR) is 71.5 cm³/mol. The van der Waals surface area contributed by atoms with E-state index in [9.17, 15) is 13.2 Å². The Kier molecular flexibility index (Phi) is 2.89. The fraction of sp³-hybridized carbons (Fsp3) is 0.231. The first-order valence-corrected chi connectivity index (χ1v) is 6.16. The van der Waals surface area contributed by atoms with Crippen LogP contribution in [-0.2, 0) is 19.8 Å². The molecule has 0 aliphatic carbocycles. The van der Waals surface area contributed by atoms with Crippen molar-refractivity contribution in [2.24, 2.45) is 7.05 Å². The second kappa shape index (κ2) is 4.51. The number of aromatic nitrogens is 4. The Labute approximate surface area is 117 Å². The first-order valence-electron chi connectivity index (χ1n) is 6.16. The number of halogens is 3. The SMILES string of the molecule is Cn1ccc(Cn2c(C(F)(F)F)nc3cc(N)ccc32)n1. The number of nitrogen functional groups attached to an aromatic ring is 1.